The van der Waals surface area contributed by atoms with E-state index in [1.807, 2.05) is 42.5 Å². The Morgan fingerprint density at radius 3 is 2.14 bits per heavy atom. The fourth-order valence-electron chi connectivity index (χ4n) is 3.43. The van der Waals surface area contributed by atoms with Crippen molar-refractivity contribution in [3.63, 3.8) is 0 Å². The summed E-state index contributed by atoms with van der Waals surface area (Å²) in [4.78, 5) is 37.7. The number of rotatable bonds is 6. The topological polar surface area (TPSA) is 81.7 Å². The van der Waals surface area contributed by atoms with Crippen molar-refractivity contribution in [3.8, 4) is 0 Å². The molecule has 2 aromatic rings. The predicted molar refractivity (Wildman–Crippen MR) is 105 cm³/mol. The van der Waals surface area contributed by atoms with E-state index in [2.05, 4.69) is 5.32 Å². The number of esters is 2. The summed E-state index contributed by atoms with van der Waals surface area (Å²) in [5.41, 5.74) is -0.740. The minimum atomic E-state index is -1.84. The van der Waals surface area contributed by atoms with E-state index < -0.39 is 23.5 Å². The summed E-state index contributed by atoms with van der Waals surface area (Å²) in [7, 11) is 0. The van der Waals surface area contributed by atoms with E-state index in [0.717, 1.165) is 16.3 Å². The maximum absolute atomic E-state index is 12.7. The summed E-state index contributed by atoms with van der Waals surface area (Å²) in [5.74, 6) is -1.80. The number of carbonyl (C=O) groups is 3. The van der Waals surface area contributed by atoms with Crippen LogP contribution in [0.1, 0.15) is 32.4 Å². The van der Waals surface area contributed by atoms with Crippen molar-refractivity contribution in [2.24, 2.45) is 0 Å². The number of benzene rings is 2. The first kappa shape index (κ1) is 19.8. The van der Waals surface area contributed by atoms with Gasteiger partial charge in [0.2, 0.25) is 5.54 Å². The molecule has 0 saturated carbocycles. The van der Waals surface area contributed by atoms with Crippen molar-refractivity contribution < 1.29 is 23.9 Å². The number of ketones is 1. The molecule has 0 spiro atoms. The number of hydrogen-bond donors (Lipinski definition) is 1. The van der Waals surface area contributed by atoms with Gasteiger partial charge in [-0.05, 0) is 49.2 Å². The average Bonchev–Trinajstić information content (AvgIpc) is 3.11. The van der Waals surface area contributed by atoms with Crippen molar-refractivity contribution in [2.45, 2.75) is 32.4 Å². The standard InChI is InChI=1S/C22H23NO5/c1-4-27-20(25)22(21(26)28-5-2)13-18(14(3)24)19(23-22)17-11-10-15-8-6-7-9-16(15)12-17/h6-13,19,23H,4-5H2,1-3H3/t19-/m0/s1. The summed E-state index contributed by atoms with van der Waals surface area (Å²) in [6.45, 7) is 4.93. The second-order valence-corrected chi connectivity index (χ2v) is 6.59. The van der Waals surface area contributed by atoms with Crippen molar-refractivity contribution in [1.29, 1.82) is 0 Å². The van der Waals surface area contributed by atoms with Gasteiger partial charge < -0.3 is 9.47 Å². The van der Waals surface area contributed by atoms with Gasteiger partial charge in [-0.2, -0.15) is 0 Å². The van der Waals surface area contributed by atoms with Crippen molar-refractivity contribution in [2.75, 3.05) is 13.2 Å². The highest BCUT2D eigenvalue weighted by molar-refractivity contribution is 6.11. The molecule has 0 amide bonds. The number of fused-ring (bicyclic) bond motifs is 1. The maximum atomic E-state index is 12.7. The van der Waals surface area contributed by atoms with Gasteiger partial charge in [-0.1, -0.05) is 36.4 Å². The van der Waals surface area contributed by atoms with Crippen molar-refractivity contribution >= 4 is 28.5 Å². The van der Waals surface area contributed by atoms with E-state index in [1.54, 1.807) is 13.8 Å². The number of hydrogen-bond acceptors (Lipinski definition) is 6. The van der Waals surface area contributed by atoms with Gasteiger partial charge in [0.15, 0.2) is 5.78 Å². The van der Waals surface area contributed by atoms with Crippen LogP contribution < -0.4 is 5.32 Å². The molecule has 0 aromatic heterocycles. The molecule has 6 nitrogen and oxygen atoms in total. The summed E-state index contributed by atoms with van der Waals surface area (Å²) >= 11 is 0. The molecule has 1 atom stereocenters. The number of ether oxygens (including phenoxy) is 2. The molecular weight excluding hydrogens is 358 g/mol. The van der Waals surface area contributed by atoms with Crippen LogP contribution in [0.4, 0.5) is 0 Å². The van der Waals surface area contributed by atoms with Gasteiger partial charge in [0.05, 0.1) is 19.3 Å². The van der Waals surface area contributed by atoms with Gasteiger partial charge in [0.1, 0.15) is 0 Å². The third-order valence-electron chi connectivity index (χ3n) is 4.76. The molecule has 0 bridgehead atoms. The zero-order valence-electron chi connectivity index (χ0n) is 16.2. The first-order valence-corrected chi connectivity index (χ1v) is 9.27. The largest absolute Gasteiger partial charge is 0.464 e. The first-order valence-electron chi connectivity index (χ1n) is 9.27. The molecule has 28 heavy (non-hydrogen) atoms. The monoisotopic (exact) mass is 381 g/mol. The van der Waals surface area contributed by atoms with Gasteiger partial charge in [-0.25, -0.2) is 9.59 Å². The lowest BCUT2D eigenvalue weighted by Gasteiger charge is -2.26. The Balaban J connectivity index is 2.09. The average molecular weight is 381 g/mol. The minimum absolute atomic E-state index is 0.103. The summed E-state index contributed by atoms with van der Waals surface area (Å²) in [5, 5.41) is 5.07. The lowest BCUT2D eigenvalue weighted by Crippen LogP contribution is -2.56. The van der Waals surface area contributed by atoms with E-state index in [0.29, 0.717) is 5.57 Å². The van der Waals surface area contributed by atoms with Crippen LogP contribution in [0.25, 0.3) is 10.8 Å². The summed E-state index contributed by atoms with van der Waals surface area (Å²) in [6.07, 6.45) is 1.35. The smallest absolute Gasteiger partial charge is 0.342 e. The predicted octanol–water partition coefficient (Wildman–Crippen LogP) is 2.86. The number of carbonyl (C=O) groups excluding carboxylic acids is 3. The van der Waals surface area contributed by atoms with Crippen LogP contribution >= 0.6 is 0 Å². The van der Waals surface area contributed by atoms with Crippen molar-refractivity contribution in [3.05, 3.63) is 59.7 Å². The Morgan fingerprint density at radius 2 is 1.57 bits per heavy atom. The van der Waals surface area contributed by atoms with E-state index in [9.17, 15) is 14.4 Å². The SMILES string of the molecule is CCOC(=O)C1(C(=O)OCC)C=C(C(C)=O)[C@H](c2ccc3ccccc3c2)N1. The summed E-state index contributed by atoms with van der Waals surface area (Å²) < 4.78 is 10.2. The molecule has 0 fully saturated rings. The Bertz CT molecular complexity index is 944. The lowest BCUT2D eigenvalue weighted by atomic mass is 9.95. The fraction of sp³-hybridized carbons (Fsp3) is 0.318. The van der Waals surface area contributed by atoms with Crippen LogP contribution in [0.15, 0.2) is 54.1 Å². The van der Waals surface area contributed by atoms with E-state index in [1.165, 1.54) is 13.0 Å². The fourth-order valence-corrected chi connectivity index (χ4v) is 3.43. The van der Waals surface area contributed by atoms with E-state index in [-0.39, 0.29) is 19.0 Å². The molecule has 146 valence electrons. The number of nitrogens with one attached hydrogen (secondary N) is 1. The first-order chi connectivity index (χ1) is 13.4. The van der Waals surface area contributed by atoms with Crippen LogP contribution in [0.3, 0.4) is 0 Å². The highest BCUT2D eigenvalue weighted by Gasteiger charge is 2.54. The number of Topliss-reactive ketones (excluding diaryl/α,β-unsaturated/α-hetero) is 1. The Hall–Kier alpha value is -2.99. The molecular formula is C22H23NO5. The third-order valence-corrected chi connectivity index (χ3v) is 4.76. The zero-order valence-corrected chi connectivity index (χ0v) is 16.2. The quantitative estimate of drug-likeness (QED) is 0.612. The van der Waals surface area contributed by atoms with Crippen LogP contribution in [0.2, 0.25) is 0 Å². The van der Waals surface area contributed by atoms with Gasteiger partial charge in [0, 0.05) is 5.57 Å². The van der Waals surface area contributed by atoms with Crippen LogP contribution in [0.5, 0.6) is 0 Å². The van der Waals surface area contributed by atoms with Gasteiger partial charge in [-0.3, -0.25) is 10.1 Å². The highest BCUT2D eigenvalue weighted by Crippen LogP contribution is 2.36. The molecule has 1 aliphatic rings. The van der Waals surface area contributed by atoms with Crippen molar-refractivity contribution in [1.82, 2.24) is 5.32 Å². The molecule has 0 saturated heterocycles. The molecule has 0 unspecified atom stereocenters. The van der Waals surface area contributed by atoms with Crippen LogP contribution in [0, 0.1) is 0 Å². The molecule has 2 aromatic carbocycles. The molecule has 3 rings (SSSR count). The Kier molecular flexibility index (Phi) is 5.61. The summed E-state index contributed by atoms with van der Waals surface area (Å²) in [6, 6.07) is 13.0. The van der Waals surface area contributed by atoms with Crippen LogP contribution in [-0.4, -0.2) is 36.5 Å². The normalized spacial score (nSPS) is 17.8. The molecule has 1 aliphatic heterocycles. The second kappa shape index (κ2) is 7.94. The van der Waals surface area contributed by atoms with Gasteiger partial charge >= 0.3 is 11.9 Å². The minimum Gasteiger partial charge on any atom is -0.464 e. The Morgan fingerprint density at radius 1 is 0.964 bits per heavy atom. The van der Waals surface area contributed by atoms with Crippen LogP contribution in [-0.2, 0) is 23.9 Å². The van der Waals surface area contributed by atoms with Gasteiger partial charge in [-0.15, -0.1) is 0 Å². The zero-order chi connectivity index (χ0) is 20.3. The van der Waals surface area contributed by atoms with E-state index >= 15 is 0 Å². The maximum Gasteiger partial charge on any atom is 0.342 e. The molecule has 1 N–H and O–H groups in total. The molecule has 0 radical (unpaired) electrons. The second-order valence-electron chi connectivity index (χ2n) is 6.59. The third kappa shape index (κ3) is 3.43. The van der Waals surface area contributed by atoms with Gasteiger partial charge in [0.25, 0.3) is 0 Å². The molecule has 6 heteroatoms. The highest BCUT2D eigenvalue weighted by atomic mass is 16.6. The molecule has 1 heterocycles. The van der Waals surface area contributed by atoms with E-state index in [4.69, 9.17) is 9.47 Å². The molecule has 0 aliphatic carbocycles. The lowest BCUT2D eigenvalue weighted by molar-refractivity contribution is -0.162. The Labute approximate surface area is 163 Å².